The first-order chi connectivity index (χ1) is 12.2. The summed E-state index contributed by atoms with van der Waals surface area (Å²) in [5.74, 6) is 0.446. The molecule has 1 atom stereocenters. The number of nitrogens with one attached hydrogen (secondary N) is 1. The summed E-state index contributed by atoms with van der Waals surface area (Å²) in [4.78, 5) is 16.4. The van der Waals surface area contributed by atoms with Crippen LogP contribution in [0.3, 0.4) is 0 Å². The Balaban J connectivity index is 1.67. The van der Waals surface area contributed by atoms with Crippen LogP contribution in [-0.2, 0) is 4.79 Å². The van der Waals surface area contributed by atoms with Crippen molar-refractivity contribution >= 4 is 17.5 Å². The molecule has 0 bridgehead atoms. The van der Waals surface area contributed by atoms with Gasteiger partial charge in [-0.05, 0) is 42.5 Å². The van der Waals surface area contributed by atoms with Gasteiger partial charge in [-0.1, -0.05) is 31.2 Å². The Morgan fingerprint density at radius 3 is 2.76 bits per heavy atom. The molecule has 1 unspecified atom stereocenters. The third kappa shape index (κ3) is 3.13. The standard InChI is InChI=1S/C19H20N4O2/c1-2-16(24)13-7-5-12(6-8-13)15-4-3-11-23-17(15)20-19(22-23)21-18(25)14-9-10-14/h3-8,11,14,16,24H,2,9-10H2,1H3,(H,21,22,25). The second kappa shape index (κ2) is 6.29. The van der Waals surface area contributed by atoms with E-state index in [2.05, 4.69) is 15.4 Å². The highest BCUT2D eigenvalue weighted by Crippen LogP contribution is 2.30. The highest BCUT2D eigenvalue weighted by atomic mass is 16.3. The topological polar surface area (TPSA) is 79.5 Å². The van der Waals surface area contributed by atoms with Gasteiger partial charge in [-0.2, -0.15) is 4.98 Å². The molecule has 3 aromatic rings. The van der Waals surface area contributed by atoms with E-state index < -0.39 is 6.10 Å². The highest BCUT2D eigenvalue weighted by molar-refractivity contribution is 5.93. The molecule has 1 aliphatic carbocycles. The Labute approximate surface area is 145 Å². The van der Waals surface area contributed by atoms with Gasteiger partial charge < -0.3 is 5.11 Å². The van der Waals surface area contributed by atoms with Crippen LogP contribution in [0.15, 0.2) is 42.6 Å². The van der Waals surface area contributed by atoms with E-state index in [4.69, 9.17) is 0 Å². The average Bonchev–Trinajstić information content (AvgIpc) is 3.41. The van der Waals surface area contributed by atoms with Crippen molar-refractivity contribution in [2.75, 3.05) is 5.32 Å². The van der Waals surface area contributed by atoms with Crippen molar-refractivity contribution < 1.29 is 9.90 Å². The molecule has 2 aromatic heterocycles. The molecule has 1 amide bonds. The summed E-state index contributed by atoms with van der Waals surface area (Å²) in [5, 5.41) is 17.1. The Hall–Kier alpha value is -2.73. The fourth-order valence-corrected chi connectivity index (χ4v) is 2.86. The predicted octanol–water partition coefficient (Wildman–Crippen LogP) is 3.19. The summed E-state index contributed by atoms with van der Waals surface area (Å²) in [6, 6.07) is 11.7. The number of anilines is 1. The van der Waals surface area contributed by atoms with Crippen LogP contribution >= 0.6 is 0 Å². The Morgan fingerprint density at radius 1 is 1.32 bits per heavy atom. The van der Waals surface area contributed by atoms with Crippen molar-refractivity contribution in [3.63, 3.8) is 0 Å². The molecule has 2 N–H and O–H groups in total. The smallest absolute Gasteiger partial charge is 0.249 e. The number of aromatic nitrogens is 3. The highest BCUT2D eigenvalue weighted by Gasteiger charge is 2.30. The summed E-state index contributed by atoms with van der Waals surface area (Å²) in [7, 11) is 0. The number of hydrogen-bond acceptors (Lipinski definition) is 4. The van der Waals surface area contributed by atoms with E-state index >= 15 is 0 Å². The first-order valence-corrected chi connectivity index (χ1v) is 8.60. The number of pyridine rings is 1. The van der Waals surface area contributed by atoms with Crippen LogP contribution < -0.4 is 5.32 Å². The Kier molecular flexibility index (Phi) is 3.97. The first-order valence-electron chi connectivity index (χ1n) is 8.60. The lowest BCUT2D eigenvalue weighted by Gasteiger charge is -2.09. The SMILES string of the molecule is CCC(O)c1ccc(-c2cccn3nc(NC(=O)C4CC4)nc23)cc1. The Bertz CT molecular complexity index is 913. The number of rotatable bonds is 5. The normalized spacial score (nSPS) is 15.3. The van der Waals surface area contributed by atoms with Crippen molar-refractivity contribution in [1.82, 2.24) is 14.6 Å². The van der Waals surface area contributed by atoms with Gasteiger partial charge in [0.2, 0.25) is 11.9 Å². The zero-order valence-corrected chi connectivity index (χ0v) is 14.0. The Morgan fingerprint density at radius 2 is 2.08 bits per heavy atom. The van der Waals surface area contributed by atoms with Crippen LogP contribution in [0, 0.1) is 5.92 Å². The second-order valence-electron chi connectivity index (χ2n) is 6.44. The van der Waals surface area contributed by atoms with Gasteiger partial charge in [-0.25, -0.2) is 4.52 Å². The van der Waals surface area contributed by atoms with Crippen LogP contribution in [0.4, 0.5) is 5.95 Å². The summed E-state index contributed by atoms with van der Waals surface area (Å²) < 4.78 is 1.67. The minimum atomic E-state index is -0.442. The minimum Gasteiger partial charge on any atom is -0.388 e. The van der Waals surface area contributed by atoms with Gasteiger partial charge >= 0.3 is 0 Å². The molecule has 0 radical (unpaired) electrons. The zero-order valence-electron chi connectivity index (χ0n) is 14.0. The molecule has 6 heteroatoms. The van der Waals surface area contributed by atoms with E-state index in [0.29, 0.717) is 18.0 Å². The summed E-state index contributed by atoms with van der Waals surface area (Å²) in [5.41, 5.74) is 3.51. The number of hydrogen-bond donors (Lipinski definition) is 2. The third-order valence-corrected chi connectivity index (χ3v) is 4.54. The molecular weight excluding hydrogens is 316 g/mol. The molecule has 1 saturated carbocycles. The average molecular weight is 336 g/mol. The largest absolute Gasteiger partial charge is 0.388 e. The molecule has 0 saturated heterocycles. The van der Waals surface area contributed by atoms with Crippen LogP contribution in [0.2, 0.25) is 0 Å². The molecule has 2 heterocycles. The van der Waals surface area contributed by atoms with Crippen LogP contribution in [0.5, 0.6) is 0 Å². The number of nitrogens with zero attached hydrogens (tertiary/aromatic N) is 3. The van der Waals surface area contributed by atoms with Crippen LogP contribution in [-0.4, -0.2) is 25.6 Å². The van der Waals surface area contributed by atoms with E-state index in [1.165, 1.54) is 0 Å². The van der Waals surface area contributed by atoms with Gasteiger partial charge in [0.1, 0.15) is 0 Å². The van der Waals surface area contributed by atoms with E-state index in [1.807, 2.05) is 49.5 Å². The quantitative estimate of drug-likeness (QED) is 0.750. The van der Waals surface area contributed by atoms with Gasteiger partial charge in [0.05, 0.1) is 6.10 Å². The molecule has 0 spiro atoms. The molecule has 25 heavy (non-hydrogen) atoms. The lowest BCUT2D eigenvalue weighted by Crippen LogP contribution is -2.14. The molecule has 1 fully saturated rings. The van der Waals surface area contributed by atoms with Gasteiger partial charge in [0.15, 0.2) is 5.65 Å². The lowest BCUT2D eigenvalue weighted by atomic mass is 10.0. The van der Waals surface area contributed by atoms with Crippen molar-refractivity contribution in [2.45, 2.75) is 32.3 Å². The number of fused-ring (bicyclic) bond motifs is 1. The molecule has 6 nitrogen and oxygen atoms in total. The number of carbonyl (C=O) groups excluding carboxylic acids is 1. The number of aliphatic hydroxyl groups is 1. The summed E-state index contributed by atoms with van der Waals surface area (Å²) in [6.45, 7) is 1.95. The number of benzene rings is 1. The molecule has 1 aromatic carbocycles. The third-order valence-electron chi connectivity index (χ3n) is 4.54. The van der Waals surface area contributed by atoms with E-state index in [1.54, 1.807) is 4.52 Å². The lowest BCUT2D eigenvalue weighted by molar-refractivity contribution is -0.117. The fourth-order valence-electron chi connectivity index (χ4n) is 2.86. The monoisotopic (exact) mass is 336 g/mol. The van der Waals surface area contributed by atoms with Crippen LogP contribution in [0.1, 0.15) is 37.9 Å². The first kappa shape index (κ1) is 15.8. The minimum absolute atomic E-state index is 0.00429. The van der Waals surface area contributed by atoms with Crippen molar-refractivity contribution in [3.8, 4) is 11.1 Å². The molecule has 128 valence electrons. The second-order valence-corrected chi connectivity index (χ2v) is 6.44. The summed E-state index contributed by atoms with van der Waals surface area (Å²) in [6.07, 6.45) is 3.94. The maximum Gasteiger partial charge on any atom is 0.249 e. The summed E-state index contributed by atoms with van der Waals surface area (Å²) >= 11 is 0. The zero-order chi connectivity index (χ0) is 17.4. The van der Waals surface area contributed by atoms with Gasteiger partial charge in [0, 0.05) is 17.7 Å². The predicted molar refractivity (Wildman–Crippen MR) is 95.0 cm³/mol. The van der Waals surface area contributed by atoms with Crippen molar-refractivity contribution in [1.29, 1.82) is 0 Å². The maximum atomic E-state index is 11.9. The van der Waals surface area contributed by atoms with Crippen molar-refractivity contribution in [3.05, 3.63) is 48.2 Å². The number of aliphatic hydroxyl groups excluding tert-OH is 1. The maximum absolute atomic E-state index is 11.9. The number of carbonyl (C=O) groups is 1. The van der Waals surface area contributed by atoms with Gasteiger partial charge in [0.25, 0.3) is 0 Å². The van der Waals surface area contributed by atoms with E-state index in [-0.39, 0.29) is 11.8 Å². The number of amides is 1. The fraction of sp³-hybridized carbons (Fsp3) is 0.316. The molecule has 4 rings (SSSR count). The van der Waals surface area contributed by atoms with Gasteiger partial charge in [-0.15, -0.1) is 5.10 Å². The molecular formula is C19H20N4O2. The van der Waals surface area contributed by atoms with E-state index in [0.717, 1.165) is 29.5 Å². The van der Waals surface area contributed by atoms with E-state index in [9.17, 15) is 9.90 Å². The molecule has 0 aliphatic heterocycles. The van der Waals surface area contributed by atoms with Gasteiger partial charge in [-0.3, -0.25) is 10.1 Å². The molecule has 1 aliphatic rings. The van der Waals surface area contributed by atoms with Crippen molar-refractivity contribution in [2.24, 2.45) is 5.92 Å². The van der Waals surface area contributed by atoms with Crippen LogP contribution in [0.25, 0.3) is 16.8 Å².